The van der Waals surface area contributed by atoms with Crippen LogP contribution in [0.3, 0.4) is 0 Å². The SMILES string of the molecule is [O-][S+]1CCc2nc(N3CCC(c4ccncc4)CC3)nc(Nc3cccc(F)c3)c21. The van der Waals surface area contributed by atoms with Gasteiger partial charge in [-0.15, -0.1) is 0 Å². The van der Waals surface area contributed by atoms with Gasteiger partial charge in [0.2, 0.25) is 10.8 Å². The van der Waals surface area contributed by atoms with Crippen LogP contribution < -0.4 is 10.2 Å². The first-order valence-electron chi connectivity index (χ1n) is 10.1. The zero-order chi connectivity index (χ0) is 20.5. The monoisotopic (exact) mass is 423 g/mol. The van der Waals surface area contributed by atoms with Crippen LogP contribution in [0.25, 0.3) is 0 Å². The molecule has 0 aliphatic carbocycles. The summed E-state index contributed by atoms with van der Waals surface area (Å²) in [5.41, 5.74) is 2.74. The maximum atomic E-state index is 13.6. The van der Waals surface area contributed by atoms with E-state index < -0.39 is 11.2 Å². The quantitative estimate of drug-likeness (QED) is 0.643. The summed E-state index contributed by atoms with van der Waals surface area (Å²) in [4.78, 5) is 16.4. The number of aryl methyl sites for hydroxylation is 1. The summed E-state index contributed by atoms with van der Waals surface area (Å²) in [7, 11) is 0. The van der Waals surface area contributed by atoms with Crippen LogP contribution >= 0.6 is 0 Å². The molecule has 0 amide bonds. The Morgan fingerprint density at radius 1 is 1.10 bits per heavy atom. The number of fused-ring (bicyclic) bond motifs is 1. The topological polar surface area (TPSA) is 77.0 Å². The molecule has 4 heterocycles. The van der Waals surface area contributed by atoms with Gasteiger partial charge in [0.05, 0.1) is 0 Å². The highest BCUT2D eigenvalue weighted by Gasteiger charge is 2.33. The molecular weight excluding hydrogens is 401 g/mol. The summed E-state index contributed by atoms with van der Waals surface area (Å²) in [6, 6.07) is 10.4. The number of halogens is 1. The number of rotatable bonds is 4. The van der Waals surface area contributed by atoms with Gasteiger partial charge in [0.1, 0.15) is 17.3 Å². The van der Waals surface area contributed by atoms with Gasteiger partial charge in [-0.3, -0.25) is 4.98 Å². The molecule has 0 saturated carbocycles. The highest BCUT2D eigenvalue weighted by molar-refractivity contribution is 7.91. The highest BCUT2D eigenvalue weighted by atomic mass is 32.2. The molecule has 154 valence electrons. The number of pyridine rings is 1. The number of hydrogen-bond acceptors (Lipinski definition) is 6. The largest absolute Gasteiger partial charge is 0.611 e. The van der Waals surface area contributed by atoms with E-state index in [1.165, 1.54) is 17.7 Å². The van der Waals surface area contributed by atoms with E-state index in [4.69, 9.17) is 9.97 Å². The molecule has 1 unspecified atom stereocenters. The first-order chi connectivity index (χ1) is 14.7. The summed E-state index contributed by atoms with van der Waals surface area (Å²) in [6.07, 6.45) is 6.39. The lowest BCUT2D eigenvalue weighted by Crippen LogP contribution is -2.34. The van der Waals surface area contributed by atoms with E-state index in [2.05, 4.69) is 27.3 Å². The maximum Gasteiger partial charge on any atom is 0.227 e. The fraction of sp³-hybridized carbons (Fsp3) is 0.318. The molecule has 1 N–H and O–H groups in total. The Hall–Kier alpha value is -2.71. The Morgan fingerprint density at radius 3 is 2.67 bits per heavy atom. The van der Waals surface area contributed by atoms with E-state index in [0.717, 1.165) is 31.6 Å². The van der Waals surface area contributed by atoms with Crippen LogP contribution in [0, 0.1) is 5.82 Å². The Bertz CT molecular complexity index is 1040. The van der Waals surface area contributed by atoms with Gasteiger partial charge >= 0.3 is 0 Å². The van der Waals surface area contributed by atoms with E-state index in [1.54, 1.807) is 12.1 Å². The average molecular weight is 424 g/mol. The van der Waals surface area contributed by atoms with Crippen LogP contribution in [-0.2, 0) is 17.6 Å². The van der Waals surface area contributed by atoms with Gasteiger partial charge in [-0.1, -0.05) is 6.07 Å². The van der Waals surface area contributed by atoms with Crippen molar-refractivity contribution in [2.24, 2.45) is 0 Å². The standard InChI is InChI=1S/C22H22FN5OS/c23-17-2-1-3-18(14-17)25-21-20-19(8-13-30(20)29)26-22(27-21)28-11-6-16(7-12-28)15-4-9-24-10-5-15/h1-5,9-10,14,16H,6-8,11-13H2,(H,25,26,27). The highest BCUT2D eigenvalue weighted by Crippen LogP contribution is 2.35. The molecule has 1 saturated heterocycles. The summed E-state index contributed by atoms with van der Waals surface area (Å²) >= 11 is -1.14. The summed E-state index contributed by atoms with van der Waals surface area (Å²) < 4.78 is 26.2. The molecule has 1 atom stereocenters. The predicted octanol–water partition coefficient (Wildman–Crippen LogP) is 3.80. The van der Waals surface area contributed by atoms with Crippen molar-refractivity contribution in [1.29, 1.82) is 0 Å². The van der Waals surface area contributed by atoms with Gasteiger partial charge in [0, 0.05) is 37.6 Å². The Morgan fingerprint density at radius 2 is 1.90 bits per heavy atom. The molecule has 2 aliphatic heterocycles. The molecule has 1 fully saturated rings. The van der Waals surface area contributed by atoms with Crippen molar-refractivity contribution in [3.63, 3.8) is 0 Å². The third kappa shape index (κ3) is 3.85. The molecule has 8 heteroatoms. The summed E-state index contributed by atoms with van der Waals surface area (Å²) in [5.74, 6) is 1.91. The van der Waals surface area contributed by atoms with Crippen LogP contribution in [0.5, 0.6) is 0 Å². The molecule has 5 rings (SSSR count). The first kappa shape index (κ1) is 19.3. The third-order valence-electron chi connectivity index (χ3n) is 5.72. The van der Waals surface area contributed by atoms with Crippen molar-refractivity contribution in [2.75, 3.05) is 29.1 Å². The minimum atomic E-state index is -1.14. The minimum Gasteiger partial charge on any atom is -0.611 e. The van der Waals surface area contributed by atoms with E-state index in [9.17, 15) is 8.94 Å². The van der Waals surface area contributed by atoms with Gasteiger partial charge in [0.15, 0.2) is 5.82 Å². The number of benzene rings is 1. The van der Waals surface area contributed by atoms with Crippen LogP contribution in [0.4, 0.5) is 21.8 Å². The second-order valence-corrected chi connectivity index (χ2v) is 9.13. The Balaban J connectivity index is 1.40. The second kappa shape index (κ2) is 8.20. The zero-order valence-electron chi connectivity index (χ0n) is 16.4. The number of nitrogens with zero attached hydrogens (tertiary/aromatic N) is 4. The van der Waals surface area contributed by atoms with Crippen molar-refractivity contribution >= 4 is 28.6 Å². The fourth-order valence-electron chi connectivity index (χ4n) is 4.16. The number of hydrogen-bond donors (Lipinski definition) is 1. The van der Waals surface area contributed by atoms with E-state index in [1.807, 2.05) is 12.4 Å². The van der Waals surface area contributed by atoms with Crippen molar-refractivity contribution in [1.82, 2.24) is 15.0 Å². The normalized spacial score (nSPS) is 19.0. The number of aromatic nitrogens is 3. The zero-order valence-corrected chi connectivity index (χ0v) is 17.2. The van der Waals surface area contributed by atoms with Gasteiger partial charge in [0.25, 0.3) is 0 Å². The summed E-state index contributed by atoms with van der Waals surface area (Å²) in [5, 5.41) is 3.17. The molecule has 0 bridgehead atoms. The minimum absolute atomic E-state index is 0.328. The maximum absolute atomic E-state index is 13.6. The lowest BCUT2D eigenvalue weighted by atomic mass is 9.90. The molecule has 0 spiro atoms. The smallest absolute Gasteiger partial charge is 0.227 e. The average Bonchev–Trinajstić information content (AvgIpc) is 3.15. The van der Waals surface area contributed by atoms with Crippen molar-refractivity contribution in [2.45, 2.75) is 30.1 Å². The number of anilines is 3. The fourth-order valence-corrected chi connectivity index (χ4v) is 5.47. The third-order valence-corrected chi connectivity index (χ3v) is 7.18. The molecule has 6 nitrogen and oxygen atoms in total. The Labute approximate surface area is 177 Å². The lowest BCUT2D eigenvalue weighted by molar-refractivity contribution is 0.498. The van der Waals surface area contributed by atoms with Gasteiger partial charge < -0.3 is 14.8 Å². The molecule has 30 heavy (non-hydrogen) atoms. The van der Waals surface area contributed by atoms with E-state index in [-0.39, 0.29) is 5.82 Å². The van der Waals surface area contributed by atoms with Crippen LogP contribution in [0.1, 0.15) is 30.0 Å². The number of piperidine rings is 1. The van der Waals surface area contributed by atoms with Gasteiger partial charge in [-0.25, -0.2) is 9.37 Å². The molecule has 2 aliphatic rings. The molecular formula is C22H22FN5OS. The number of nitrogens with one attached hydrogen (secondary N) is 1. The van der Waals surface area contributed by atoms with Gasteiger partial charge in [-0.2, -0.15) is 4.98 Å². The molecule has 3 aromatic rings. The van der Waals surface area contributed by atoms with Crippen LogP contribution in [0.15, 0.2) is 53.7 Å². The lowest BCUT2D eigenvalue weighted by Gasteiger charge is -2.32. The Kier molecular flexibility index (Phi) is 5.26. The molecule has 1 aromatic carbocycles. The second-order valence-electron chi connectivity index (χ2n) is 7.62. The van der Waals surface area contributed by atoms with E-state index in [0.29, 0.717) is 40.4 Å². The van der Waals surface area contributed by atoms with Gasteiger partial charge in [-0.05, 0) is 65.8 Å². The van der Waals surface area contributed by atoms with Crippen molar-refractivity contribution in [3.8, 4) is 0 Å². The van der Waals surface area contributed by atoms with Crippen LogP contribution in [0.2, 0.25) is 0 Å². The van der Waals surface area contributed by atoms with Crippen molar-refractivity contribution in [3.05, 3.63) is 65.9 Å². The molecule has 0 radical (unpaired) electrons. The van der Waals surface area contributed by atoms with Crippen molar-refractivity contribution < 1.29 is 8.94 Å². The van der Waals surface area contributed by atoms with E-state index >= 15 is 0 Å². The summed E-state index contributed by atoms with van der Waals surface area (Å²) in [6.45, 7) is 1.71. The predicted molar refractivity (Wildman–Crippen MR) is 115 cm³/mol. The first-order valence-corrected chi connectivity index (χ1v) is 11.5. The van der Waals surface area contributed by atoms with Crippen LogP contribution in [-0.4, -0.2) is 38.3 Å². The molecule has 2 aromatic heterocycles.